The maximum absolute atomic E-state index is 13.3. The van der Waals surface area contributed by atoms with Crippen LogP contribution in [0.15, 0.2) is 72.4 Å². The van der Waals surface area contributed by atoms with E-state index in [-0.39, 0.29) is 17.8 Å². The van der Waals surface area contributed by atoms with E-state index in [4.69, 9.17) is 0 Å². The standard InChI is InChI=1S/C22H20FN3OS2/c23-17-8-6-16(7-9-17)22(19-4-3-12-29-19)25-21(27)10-13-28-15-18-14-26-11-2-1-5-20(26)24-18/h1-9,11-12,14,22H,10,13,15H2,(H,25,27)/t22-/m1/s1. The first-order chi connectivity index (χ1) is 14.2. The van der Waals surface area contributed by atoms with E-state index in [1.165, 1.54) is 12.1 Å². The molecule has 0 unspecified atom stereocenters. The van der Waals surface area contributed by atoms with Crippen LogP contribution >= 0.6 is 23.1 Å². The quantitative estimate of drug-likeness (QED) is 0.401. The highest BCUT2D eigenvalue weighted by atomic mass is 32.2. The van der Waals surface area contributed by atoms with Crippen molar-refractivity contribution in [3.05, 3.63) is 94.3 Å². The lowest BCUT2D eigenvalue weighted by Gasteiger charge is -2.18. The number of hydrogen-bond donors (Lipinski definition) is 1. The number of benzene rings is 1. The third-order valence-electron chi connectivity index (χ3n) is 4.47. The zero-order chi connectivity index (χ0) is 20.1. The summed E-state index contributed by atoms with van der Waals surface area (Å²) in [7, 11) is 0. The lowest BCUT2D eigenvalue weighted by atomic mass is 10.1. The van der Waals surface area contributed by atoms with Gasteiger partial charge in [0.15, 0.2) is 0 Å². The molecular formula is C22H20FN3OS2. The number of aromatic nitrogens is 2. The summed E-state index contributed by atoms with van der Waals surface area (Å²) in [6, 6.07) is 15.9. The number of imidazole rings is 1. The molecule has 3 aromatic heterocycles. The number of carbonyl (C=O) groups excluding carboxylic acids is 1. The second-order valence-electron chi connectivity index (χ2n) is 6.57. The summed E-state index contributed by atoms with van der Waals surface area (Å²) < 4.78 is 15.3. The van der Waals surface area contributed by atoms with Crippen LogP contribution in [0.25, 0.3) is 5.65 Å². The molecule has 0 fully saturated rings. The highest BCUT2D eigenvalue weighted by Gasteiger charge is 2.18. The number of thioether (sulfide) groups is 1. The predicted molar refractivity (Wildman–Crippen MR) is 117 cm³/mol. The third-order valence-corrected chi connectivity index (χ3v) is 6.40. The first kappa shape index (κ1) is 19.7. The minimum Gasteiger partial charge on any atom is -0.344 e. The smallest absolute Gasteiger partial charge is 0.221 e. The molecule has 3 heterocycles. The van der Waals surface area contributed by atoms with Crippen molar-refractivity contribution in [2.45, 2.75) is 18.2 Å². The van der Waals surface area contributed by atoms with Gasteiger partial charge in [-0.05, 0) is 41.3 Å². The number of amides is 1. The van der Waals surface area contributed by atoms with Crippen LogP contribution in [0.3, 0.4) is 0 Å². The molecule has 1 N–H and O–H groups in total. The van der Waals surface area contributed by atoms with E-state index in [1.54, 1.807) is 35.2 Å². The number of carbonyl (C=O) groups is 1. The number of fused-ring (bicyclic) bond motifs is 1. The van der Waals surface area contributed by atoms with E-state index in [2.05, 4.69) is 10.3 Å². The predicted octanol–water partition coefficient (Wildman–Crippen LogP) is 5.06. The van der Waals surface area contributed by atoms with Crippen LogP contribution in [0, 0.1) is 5.82 Å². The van der Waals surface area contributed by atoms with E-state index in [0.29, 0.717) is 12.2 Å². The van der Waals surface area contributed by atoms with Gasteiger partial charge in [-0.1, -0.05) is 24.3 Å². The summed E-state index contributed by atoms with van der Waals surface area (Å²) in [6.07, 6.45) is 4.41. The van der Waals surface area contributed by atoms with Crippen molar-refractivity contribution < 1.29 is 9.18 Å². The number of thiophene rings is 1. The Morgan fingerprint density at radius 2 is 2.03 bits per heavy atom. The van der Waals surface area contributed by atoms with Crippen LogP contribution in [-0.4, -0.2) is 21.0 Å². The van der Waals surface area contributed by atoms with Crippen LogP contribution in [0.5, 0.6) is 0 Å². The van der Waals surface area contributed by atoms with E-state index < -0.39 is 0 Å². The van der Waals surface area contributed by atoms with Crippen LogP contribution in [0.4, 0.5) is 4.39 Å². The summed E-state index contributed by atoms with van der Waals surface area (Å²) in [5, 5.41) is 5.07. The van der Waals surface area contributed by atoms with Crippen molar-refractivity contribution in [1.82, 2.24) is 14.7 Å². The Labute approximate surface area is 176 Å². The summed E-state index contributed by atoms with van der Waals surface area (Å²) in [4.78, 5) is 18.1. The van der Waals surface area contributed by atoms with Gasteiger partial charge in [-0.2, -0.15) is 11.8 Å². The van der Waals surface area contributed by atoms with E-state index >= 15 is 0 Å². The first-order valence-corrected chi connectivity index (χ1v) is 11.3. The maximum atomic E-state index is 13.3. The molecule has 1 amide bonds. The molecule has 0 aliphatic carbocycles. The molecule has 0 bridgehead atoms. The highest BCUT2D eigenvalue weighted by Crippen LogP contribution is 2.26. The van der Waals surface area contributed by atoms with E-state index in [9.17, 15) is 9.18 Å². The molecule has 4 rings (SSSR count). The Balaban J connectivity index is 1.31. The second-order valence-corrected chi connectivity index (χ2v) is 8.65. The Morgan fingerprint density at radius 3 is 2.79 bits per heavy atom. The number of halogens is 1. The summed E-state index contributed by atoms with van der Waals surface area (Å²) >= 11 is 3.26. The summed E-state index contributed by atoms with van der Waals surface area (Å²) in [6.45, 7) is 0. The van der Waals surface area contributed by atoms with Crippen molar-refractivity contribution in [2.75, 3.05) is 5.75 Å². The van der Waals surface area contributed by atoms with Crippen molar-refractivity contribution in [3.63, 3.8) is 0 Å². The topological polar surface area (TPSA) is 46.4 Å². The van der Waals surface area contributed by atoms with Gasteiger partial charge in [0.2, 0.25) is 5.91 Å². The molecule has 4 aromatic rings. The Morgan fingerprint density at radius 1 is 1.17 bits per heavy atom. The molecule has 1 atom stereocenters. The zero-order valence-corrected chi connectivity index (χ0v) is 17.3. The molecule has 7 heteroatoms. The van der Waals surface area contributed by atoms with Gasteiger partial charge in [-0.15, -0.1) is 11.3 Å². The van der Waals surface area contributed by atoms with Gasteiger partial charge in [0.05, 0.1) is 11.7 Å². The van der Waals surface area contributed by atoms with Gasteiger partial charge >= 0.3 is 0 Å². The number of nitrogens with one attached hydrogen (secondary N) is 1. The van der Waals surface area contributed by atoms with Gasteiger partial charge in [-0.25, -0.2) is 9.37 Å². The SMILES string of the molecule is O=C(CCSCc1cn2ccccc2n1)N[C@H](c1ccc(F)cc1)c1cccs1. The van der Waals surface area contributed by atoms with Gasteiger partial charge in [0, 0.05) is 35.2 Å². The van der Waals surface area contributed by atoms with Gasteiger partial charge in [0.1, 0.15) is 11.5 Å². The van der Waals surface area contributed by atoms with Crippen molar-refractivity contribution in [2.24, 2.45) is 0 Å². The highest BCUT2D eigenvalue weighted by molar-refractivity contribution is 7.98. The normalized spacial score (nSPS) is 12.2. The summed E-state index contributed by atoms with van der Waals surface area (Å²) in [5.41, 5.74) is 2.81. The van der Waals surface area contributed by atoms with Crippen LogP contribution in [0.2, 0.25) is 0 Å². The van der Waals surface area contributed by atoms with Crippen molar-refractivity contribution in [1.29, 1.82) is 0 Å². The number of pyridine rings is 1. The molecule has 0 spiro atoms. The summed E-state index contributed by atoms with van der Waals surface area (Å²) in [5.74, 6) is 1.17. The molecule has 0 saturated heterocycles. The average Bonchev–Trinajstić information content (AvgIpc) is 3.40. The minimum atomic E-state index is -0.284. The fourth-order valence-corrected chi connectivity index (χ4v) is 4.69. The monoisotopic (exact) mass is 425 g/mol. The fourth-order valence-electron chi connectivity index (χ4n) is 3.06. The van der Waals surface area contributed by atoms with Crippen LogP contribution in [0.1, 0.15) is 28.6 Å². The maximum Gasteiger partial charge on any atom is 0.221 e. The third kappa shape index (κ3) is 5.05. The van der Waals surface area contributed by atoms with Crippen molar-refractivity contribution >= 4 is 34.7 Å². The molecule has 0 aliphatic heterocycles. The van der Waals surface area contributed by atoms with Crippen LogP contribution < -0.4 is 5.32 Å². The molecular weight excluding hydrogens is 405 g/mol. The Bertz CT molecular complexity index is 1040. The number of rotatable bonds is 8. The van der Waals surface area contributed by atoms with E-state index in [1.807, 2.05) is 52.5 Å². The lowest BCUT2D eigenvalue weighted by molar-refractivity contribution is -0.121. The average molecular weight is 426 g/mol. The molecule has 0 aliphatic rings. The molecule has 0 radical (unpaired) electrons. The Kier molecular flexibility index (Phi) is 6.27. The van der Waals surface area contributed by atoms with E-state index in [0.717, 1.165) is 27.5 Å². The second kappa shape index (κ2) is 9.24. The molecule has 0 saturated carbocycles. The van der Waals surface area contributed by atoms with Gasteiger partial charge in [-0.3, -0.25) is 4.79 Å². The van der Waals surface area contributed by atoms with Gasteiger partial charge in [0.25, 0.3) is 0 Å². The zero-order valence-electron chi connectivity index (χ0n) is 15.6. The van der Waals surface area contributed by atoms with Crippen molar-refractivity contribution in [3.8, 4) is 0 Å². The molecule has 4 nitrogen and oxygen atoms in total. The van der Waals surface area contributed by atoms with Crippen LogP contribution in [-0.2, 0) is 10.5 Å². The molecule has 148 valence electrons. The lowest BCUT2D eigenvalue weighted by Crippen LogP contribution is -2.29. The number of hydrogen-bond acceptors (Lipinski definition) is 4. The molecule has 29 heavy (non-hydrogen) atoms. The largest absolute Gasteiger partial charge is 0.344 e. The Hall–Kier alpha value is -2.64. The molecule has 1 aromatic carbocycles. The first-order valence-electron chi connectivity index (χ1n) is 9.27. The minimum absolute atomic E-state index is 0.0183. The number of nitrogens with zero attached hydrogens (tertiary/aromatic N) is 2. The fraction of sp³-hybridized carbons (Fsp3) is 0.182. The van der Waals surface area contributed by atoms with Gasteiger partial charge < -0.3 is 9.72 Å².